The third-order valence-electron chi connectivity index (χ3n) is 1.79. The van der Waals surface area contributed by atoms with E-state index in [1.54, 1.807) is 12.5 Å². The zero-order valence-electron chi connectivity index (χ0n) is 8.23. The van der Waals surface area contributed by atoms with Crippen LogP contribution in [0.3, 0.4) is 0 Å². The van der Waals surface area contributed by atoms with Crippen LogP contribution in [0.4, 0.5) is 0 Å². The second-order valence-corrected chi connectivity index (χ2v) is 3.16. The van der Waals surface area contributed by atoms with Gasteiger partial charge in [0, 0.05) is 18.3 Å². The average molecular weight is 239 g/mol. The van der Waals surface area contributed by atoms with Crippen LogP contribution in [0.25, 0.3) is 0 Å². The first-order valence-electron chi connectivity index (χ1n) is 4.53. The Hall–Kier alpha value is -0.250. The summed E-state index contributed by atoms with van der Waals surface area (Å²) in [5.74, 6) is 0.653. The van der Waals surface area contributed by atoms with Gasteiger partial charge in [0.05, 0.1) is 12.9 Å². The molecule has 0 amide bonds. The zero-order valence-corrected chi connectivity index (χ0v) is 9.80. The van der Waals surface area contributed by atoms with Crippen molar-refractivity contribution in [3.8, 4) is 0 Å². The maximum Gasteiger partial charge on any atom is 0.134 e. The van der Waals surface area contributed by atoms with Crippen molar-refractivity contribution < 1.29 is 4.74 Å². The number of imidazole rings is 1. The van der Waals surface area contributed by atoms with E-state index < -0.39 is 0 Å². The molecule has 0 aliphatic rings. The average Bonchev–Trinajstić information content (AvgIpc) is 2.65. The Balaban J connectivity index is 0.00000169. The Morgan fingerprint density at radius 2 is 2.36 bits per heavy atom. The van der Waals surface area contributed by atoms with Gasteiger partial charge in [-0.15, -0.1) is 24.0 Å². The summed E-state index contributed by atoms with van der Waals surface area (Å²) in [6, 6.07) is 0. The molecule has 0 aliphatic carbocycles. The molecule has 82 valence electrons. The van der Waals surface area contributed by atoms with Crippen molar-refractivity contribution >= 4 is 24.0 Å². The summed E-state index contributed by atoms with van der Waals surface area (Å²) < 4.78 is 7.58. The van der Waals surface area contributed by atoms with E-state index in [0.717, 1.165) is 12.8 Å². The Labute approximate surface area is 95.8 Å². The summed E-state index contributed by atoms with van der Waals surface area (Å²) in [6.45, 7) is 2.80. The van der Waals surface area contributed by atoms with Crippen molar-refractivity contribution in [3.63, 3.8) is 0 Å². The van der Waals surface area contributed by atoms with Gasteiger partial charge in [-0.05, 0) is 12.8 Å². The van der Waals surface area contributed by atoms with Crippen LogP contribution in [-0.4, -0.2) is 22.0 Å². The Bertz CT molecular complexity index is 217. The molecule has 5 heteroatoms. The quantitative estimate of drug-likeness (QED) is 0.563. The molecule has 3 nitrogen and oxygen atoms in total. The molecule has 1 aromatic heterocycles. The van der Waals surface area contributed by atoms with Crippen LogP contribution in [-0.2, 0) is 4.74 Å². The fourth-order valence-electron chi connectivity index (χ4n) is 1.13. The molecule has 0 N–H and O–H groups in total. The summed E-state index contributed by atoms with van der Waals surface area (Å²) in [5, 5.41) is 0. The van der Waals surface area contributed by atoms with Crippen molar-refractivity contribution in [2.24, 2.45) is 0 Å². The molecular formula is C9H16Cl2N2O. The van der Waals surface area contributed by atoms with Gasteiger partial charge >= 0.3 is 0 Å². The SMILES string of the molecule is CCC(OCCCCl)n1ccnc1.Cl. The highest BCUT2D eigenvalue weighted by atomic mass is 35.5. The monoisotopic (exact) mass is 238 g/mol. The Kier molecular flexibility index (Phi) is 7.95. The minimum atomic E-state index is 0. The van der Waals surface area contributed by atoms with E-state index >= 15 is 0 Å². The molecule has 1 unspecified atom stereocenters. The lowest BCUT2D eigenvalue weighted by atomic mass is 10.4. The predicted octanol–water partition coefficient (Wildman–Crippen LogP) is 2.86. The van der Waals surface area contributed by atoms with Crippen molar-refractivity contribution in [3.05, 3.63) is 18.7 Å². The van der Waals surface area contributed by atoms with Crippen LogP contribution < -0.4 is 0 Å². The summed E-state index contributed by atoms with van der Waals surface area (Å²) >= 11 is 5.55. The second kappa shape index (κ2) is 8.09. The van der Waals surface area contributed by atoms with Gasteiger partial charge in [0.25, 0.3) is 0 Å². The largest absolute Gasteiger partial charge is 0.358 e. The normalized spacial score (nSPS) is 12.1. The van der Waals surface area contributed by atoms with Crippen LogP contribution in [0.5, 0.6) is 0 Å². The van der Waals surface area contributed by atoms with E-state index in [9.17, 15) is 0 Å². The van der Waals surface area contributed by atoms with E-state index in [-0.39, 0.29) is 18.6 Å². The number of hydrogen-bond donors (Lipinski definition) is 0. The maximum atomic E-state index is 5.61. The third kappa shape index (κ3) is 4.31. The summed E-state index contributed by atoms with van der Waals surface area (Å²) in [7, 11) is 0. The third-order valence-corrected chi connectivity index (χ3v) is 2.06. The highest BCUT2D eigenvalue weighted by Gasteiger charge is 2.06. The smallest absolute Gasteiger partial charge is 0.134 e. The lowest BCUT2D eigenvalue weighted by Gasteiger charge is -2.16. The van der Waals surface area contributed by atoms with Crippen molar-refractivity contribution in [1.29, 1.82) is 0 Å². The highest BCUT2D eigenvalue weighted by molar-refractivity contribution is 6.17. The number of ether oxygens (including phenoxy) is 1. The van der Waals surface area contributed by atoms with Crippen LogP contribution >= 0.6 is 24.0 Å². The lowest BCUT2D eigenvalue weighted by molar-refractivity contribution is 0.000422. The molecule has 1 aromatic rings. The van der Waals surface area contributed by atoms with Crippen LogP contribution in [0.15, 0.2) is 18.7 Å². The van der Waals surface area contributed by atoms with Gasteiger partial charge in [-0.1, -0.05) is 6.92 Å². The molecule has 0 aromatic carbocycles. The molecular weight excluding hydrogens is 223 g/mol. The van der Waals surface area contributed by atoms with Crippen LogP contribution in [0.1, 0.15) is 26.0 Å². The zero-order chi connectivity index (χ0) is 9.52. The standard InChI is InChI=1S/C9H15ClN2O.ClH/c1-2-9(13-7-3-4-10)12-6-5-11-8-12;/h5-6,8-9H,2-4,7H2,1H3;1H. The van der Waals surface area contributed by atoms with Gasteiger partial charge in [0.2, 0.25) is 0 Å². The van der Waals surface area contributed by atoms with Gasteiger partial charge in [0.1, 0.15) is 6.23 Å². The number of alkyl halides is 1. The Morgan fingerprint density at radius 1 is 1.57 bits per heavy atom. The van der Waals surface area contributed by atoms with E-state index in [2.05, 4.69) is 11.9 Å². The topological polar surface area (TPSA) is 27.1 Å². The van der Waals surface area contributed by atoms with Gasteiger partial charge in [-0.3, -0.25) is 0 Å². The minimum absolute atomic E-state index is 0. The fourth-order valence-corrected chi connectivity index (χ4v) is 1.24. The molecule has 0 aliphatic heterocycles. The molecule has 0 bridgehead atoms. The molecule has 1 rings (SSSR count). The Morgan fingerprint density at radius 3 is 2.86 bits per heavy atom. The maximum absolute atomic E-state index is 5.61. The van der Waals surface area contributed by atoms with Crippen molar-refractivity contribution in [2.45, 2.75) is 26.0 Å². The van der Waals surface area contributed by atoms with Crippen LogP contribution in [0, 0.1) is 0 Å². The van der Waals surface area contributed by atoms with E-state index in [0.29, 0.717) is 12.5 Å². The fraction of sp³-hybridized carbons (Fsp3) is 0.667. The molecule has 14 heavy (non-hydrogen) atoms. The number of halogens is 2. The van der Waals surface area contributed by atoms with Crippen LogP contribution in [0.2, 0.25) is 0 Å². The first-order valence-corrected chi connectivity index (χ1v) is 5.07. The number of nitrogens with zero attached hydrogens (tertiary/aromatic N) is 2. The number of hydrogen-bond acceptors (Lipinski definition) is 2. The number of rotatable bonds is 6. The predicted molar refractivity (Wildman–Crippen MR) is 60.1 cm³/mol. The number of aromatic nitrogens is 2. The van der Waals surface area contributed by atoms with Crippen molar-refractivity contribution in [1.82, 2.24) is 9.55 Å². The summed E-state index contributed by atoms with van der Waals surface area (Å²) in [6.07, 6.45) is 7.38. The summed E-state index contributed by atoms with van der Waals surface area (Å²) in [4.78, 5) is 3.98. The first kappa shape index (κ1) is 13.8. The first-order chi connectivity index (χ1) is 6.38. The van der Waals surface area contributed by atoms with Gasteiger partial charge < -0.3 is 9.30 Å². The van der Waals surface area contributed by atoms with E-state index in [1.165, 1.54) is 0 Å². The molecule has 0 fully saturated rings. The van der Waals surface area contributed by atoms with E-state index in [4.69, 9.17) is 16.3 Å². The van der Waals surface area contributed by atoms with Gasteiger partial charge in [-0.2, -0.15) is 0 Å². The molecule has 0 saturated carbocycles. The van der Waals surface area contributed by atoms with Crippen molar-refractivity contribution in [2.75, 3.05) is 12.5 Å². The minimum Gasteiger partial charge on any atom is -0.358 e. The highest BCUT2D eigenvalue weighted by Crippen LogP contribution is 2.12. The molecule has 0 spiro atoms. The van der Waals surface area contributed by atoms with E-state index in [1.807, 2.05) is 10.8 Å². The molecule has 0 radical (unpaired) electrons. The van der Waals surface area contributed by atoms with Gasteiger partial charge in [0.15, 0.2) is 0 Å². The van der Waals surface area contributed by atoms with Gasteiger partial charge in [-0.25, -0.2) is 4.98 Å². The summed E-state index contributed by atoms with van der Waals surface area (Å²) in [5.41, 5.74) is 0. The lowest BCUT2D eigenvalue weighted by Crippen LogP contribution is -2.11. The second-order valence-electron chi connectivity index (χ2n) is 2.79. The molecule has 1 heterocycles. The molecule has 1 atom stereocenters. The molecule has 0 saturated heterocycles.